The third-order valence-corrected chi connectivity index (χ3v) is 5.26. The summed E-state index contributed by atoms with van der Waals surface area (Å²) in [5, 5.41) is 13.6. The van der Waals surface area contributed by atoms with Crippen LogP contribution in [0.3, 0.4) is 0 Å². The van der Waals surface area contributed by atoms with E-state index >= 15 is 0 Å². The van der Waals surface area contributed by atoms with Gasteiger partial charge in [-0.2, -0.15) is 5.10 Å². The van der Waals surface area contributed by atoms with Crippen LogP contribution in [0.25, 0.3) is 5.65 Å². The molecule has 3 aromatic rings. The molecule has 1 aromatic carbocycles. The number of carbonyl (C=O) groups excluding carboxylic acids is 1. The maximum Gasteiger partial charge on any atom is 0.274 e. The van der Waals surface area contributed by atoms with Crippen LogP contribution in [0.4, 0.5) is 0 Å². The molecule has 6 nitrogen and oxygen atoms in total. The maximum atomic E-state index is 12.9. The van der Waals surface area contributed by atoms with Crippen molar-refractivity contribution in [3.8, 4) is 0 Å². The van der Waals surface area contributed by atoms with Gasteiger partial charge < -0.3 is 10.0 Å². The molecule has 140 valence electrons. The average molecular weight is 364 g/mol. The van der Waals surface area contributed by atoms with Gasteiger partial charge in [0, 0.05) is 30.5 Å². The van der Waals surface area contributed by atoms with Gasteiger partial charge in [0.1, 0.15) is 0 Å². The second kappa shape index (κ2) is 7.12. The number of hydrogen-bond acceptors (Lipinski definition) is 4. The molecule has 3 heterocycles. The summed E-state index contributed by atoms with van der Waals surface area (Å²) >= 11 is 0. The van der Waals surface area contributed by atoms with Crippen LogP contribution in [-0.4, -0.2) is 43.6 Å². The van der Waals surface area contributed by atoms with Crippen LogP contribution in [0.1, 0.15) is 39.4 Å². The van der Waals surface area contributed by atoms with Gasteiger partial charge in [-0.3, -0.25) is 4.79 Å². The van der Waals surface area contributed by atoms with Gasteiger partial charge in [0.25, 0.3) is 5.91 Å². The molecular weight excluding hydrogens is 340 g/mol. The molecule has 6 heteroatoms. The van der Waals surface area contributed by atoms with Gasteiger partial charge in [-0.05, 0) is 49.8 Å². The minimum absolute atomic E-state index is 0.0179. The largest absolute Gasteiger partial charge is 0.392 e. The fourth-order valence-corrected chi connectivity index (χ4v) is 3.85. The van der Waals surface area contributed by atoms with E-state index in [1.54, 1.807) is 10.6 Å². The van der Waals surface area contributed by atoms with Gasteiger partial charge >= 0.3 is 0 Å². The molecule has 0 bridgehead atoms. The van der Waals surface area contributed by atoms with Crippen molar-refractivity contribution >= 4 is 11.6 Å². The van der Waals surface area contributed by atoms with E-state index in [0.29, 0.717) is 11.6 Å². The highest BCUT2D eigenvalue weighted by Crippen LogP contribution is 2.23. The molecule has 1 N–H and O–H groups in total. The number of aryl methyl sites for hydroxylation is 2. The van der Waals surface area contributed by atoms with E-state index in [4.69, 9.17) is 5.11 Å². The predicted octanol–water partition coefficient (Wildman–Crippen LogP) is 2.54. The van der Waals surface area contributed by atoms with Gasteiger partial charge in [0.2, 0.25) is 0 Å². The van der Waals surface area contributed by atoms with Crippen molar-refractivity contribution in [2.75, 3.05) is 13.1 Å². The molecule has 1 fully saturated rings. The second-order valence-corrected chi connectivity index (χ2v) is 7.42. The van der Waals surface area contributed by atoms with Gasteiger partial charge in [-0.25, -0.2) is 9.50 Å². The molecule has 0 spiro atoms. The van der Waals surface area contributed by atoms with Crippen LogP contribution >= 0.6 is 0 Å². The second-order valence-electron chi connectivity index (χ2n) is 7.42. The molecule has 1 atom stereocenters. The fourth-order valence-electron chi connectivity index (χ4n) is 3.85. The predicted molar refractivity (Wildman–Crippen MR) is 103 cm³/mol. The first-order valence-electron chi connectivity index (χ1n) is 9.35. The van der Waals surface area contributed by atoms with E-state index in [1.165, 1.54) is 5.56 Å². The first-order chi connectivity index (χ1) is 13.0. The number of amides is 1. The molecule has 0 saturated carbocycles. The highest BCUT2D eigenvalue weighted by Gasteiger charge is 2.28. The average Bonchev–Trinajstić information content (AvgIpc) is 3.29. The van der Waals surface area contributed by atoms with Crippen LogP contribution in [0.2, 0.25) is 0 Å². The Kier molecular flexibility index (Phi) is 4.66. The number of nitrogens with zero attached hydrogens (tertiary/aromatic N) is 4. The van der Waals surface area contributed by atoms with Gasteiger partial charge in [-0.1, -0.05) is 24.3 Å². The van der Waals surface area contributed by atoms with Crippen molar-refractivity contribution in [1.29, 1.82) is 0 Å². The standard InChI is InChI=1S/C21H24N4O2/c1-14-9-15(2)25-20(22-14)11-19(23-25)21(27)24-8-7-18(12-24)10-16-3-5-17(13-26)6-4-16/h3-6,9,11,18,26H,7-8,10,12-13H2,1-2H3. The molecule has 1 aliphatic heterocycles. The quantitative estimate of drug-likeness (QED) is 0.772. The molecule has 1 aliphatic rings. The number of fused-ring (bicyclic) bond motifs is 1. The van der Waals surface area contributed by atoms with E-state index < -0.39 is 0 Å². The topological polar surface area (TPSA) is 70.7 Å². The Morgan fingerprint density at radius 3 is 2.67 bits per heavy atom. The van der Waals surface area contributed by atoms with E-state index in [9.17, 15) is 4.79 Å². The molecule has 27 heavy (non-hydrogen) atoms. The first kappa shape index (κ1) is 17.7. The van der Waals surface area contributed by atoms with Crippen LogP contribution < -0.4 is 0 Å². The summed E-state index contributed by atoms with van der Waals surface area (Å²) in [6, 6.07) is 11.8. The van der Waals surface area contributed by atoms with Crippen LogP contribution in [0.5, 0.6) is 0 Å². The molecular formula is C21H24N4O2. The van der Waals surface area contributed by atoms with Crippen LogP contribution in [0, 0.1) is 19.8 Å². The van der Waals surface area contributed by atoms with Crippen molar-refractivity contribution in [2.24, 2.45) is 5.92 Å². The highest BCUT2D eigenvalue weighted by molar-refractivity contribution is 5.93. The van der Waals surface area contributed by atoms with Crippen molar-refractivity contribution in [3.63, 3.8) is 0 Å². The summed E-state index contributed by atoms with van der Waals surface area (Å²) in [6.07, 6.45) is 1.94. The van der Waals surface area contributed by atoms with E-state index in [2.05, 4.69) is 22.2 Å². The molecule has 1 amide bonds. The number of hydrogen-bond donors (Lipinski definition) is 1. The minimum atomic E-state index is -0.0179. The lowest BCUT2D eigenvalue weighted by atomic mass is 9.98. The number of aliphatic hydroxyl groups is 1. The van der Waals surface area contributed by atoms with Crippen LogP contribution in [0.15, 0.2) is 36.4 Å². The summed E-state index contributed by atoms with van der Waals surface area (Å²) < 4.78 is 1.73. The fraction of sp³-hybridized carbons (Fsp3) is 0.381. The van der Waals surface area contributed by atoms with Crippen molar-refractivity contribution in [2.45, 2.75) is 33.3 Å². The van der Waals surface area contributed by atoms with Gasteiger partial charge in [-0.15, -0.1) is 0 Å². The molecule has 1 unspecified atom stereocenters. The summed E-state index contributed by atoms with van der Waals surface area (Å²) in [5.74, 6) is 0.434. The SMILES string of the molecule is Cc1cc(C)n2nc(C(=O)N3CCC(Cc4ccc(CO)cc4)C3)cc2n1. The molecule has 4 rings (SSSR count). The smallest absolute Gasteiger partial charge is 0.274 e. The molecule has 0 radical (unpaired) electrons. The summed E-state index contributed by atoms with van der Waals surface area (Å²) in [4.78, 5) is 19.3. The van der Waals surface area contributed by atoms with Crippen molar-refractivity contribution < 1.29 is 9.90 Å². The Morgan fingerprint density at radius 2 is 1.93 bits per heavy atom. The number of benzene rings is 1. The zero-order valence-corrected chi connectivity index (χ0v) is 15.7. The molecule has 0 aliphatic carbocycles. The molecule has 2 aromatic heterocycles. The summed E-state index contributed by atoms with van der Waals surface area (Å²) in [7, 11) is 0. The lowest BCUT2D eigenvalue weighted by Gasteiger charge is -2.15. The number of likely N-dealkylation sites (tertiary alicyclic amines) is 1. The lowest BCUT2D eigenvalue weighted by Crippen LogP contribution is -2.29. The van der Waals surface area contributed by atoms with Crippen LogP contribution in [-0.2, 0) is 13.0 Å². The number of rotatable bonds is 4. The number of aliphatic hydroxyl groups excluding tert-OH is 1. The Labute approximate surface area is 158 Å². The molecule has 1 saturated heterocycles. The zero-order valence-electron chi connectivity index (χ0n) is 15.7. The Hall–Kier alpha value is -2.73. The minimum Gasteiger partial charge on any atom is -0.392 e. The van der Waals surface area contributed by atoms with E-state index in [0.717, 1.165) is 48.5 Å². The summed E-state index contributed by atoms with van der Waals surface area (Å²) in [6.45, 7) is 5.49. The van der Waals surface area contributed by atoms with Crippen molar-refractivity contribution in [3.05, 3.63) is 64.6 Å². The monoisotopic (exact) mass is 364 g/mol. The van der Waals surface area contributed by atoms with Gasteiger partial charge in [0.15, 0.2) is 11.3 Å². The van der Waals surface area contributed by atoms with Crippen molar-refractivity contribution in [1.82, 2.24) is 19.5 Å². The van der Waals surface area contributed by atoms with E-state index in [-0.39, 0.29) is 12.5 Å². The zero-order chi connectivity index (χ0) is 19.0. The highest BCUT2D eigenvalue weighted by atomic mass is 16.3. The number of carbonyl (C=O) groups is 1. The Bertz CT molecular complexity index is 978. The summed E-state index contributed by atoms with van der Waals surface area (Å²) in [5.41, 5.74) is 5.25. The van der Waals surface area contributed by atoms with E-state index in [1.807, 2.05) is 36.9 Å². The number of aromatic nitrogens is 3. The third-order valence-electron chi connectivity index (χ3n) is 5.26. The Morgan fingerprint density at radius 1 is 1.19 bits per heavy atom. The van der Waals surface area contributed by atoms with Gasteiger partial charge in [0.05, 0.1) is 6.61 Å². The third kappa shape index (κ3) is 3.57. The lowest BCUT2D eigenvalue weighted by molar-refractivity contribution is 0.0781. The first-order valence-corrected chi connectivity index (χ1v) is 9.35. The Balaban J connectivity index is 1.45. The normalized spacial score (nSPS) is 17.0. The maximum absolute atomic E-state index is 12.9.